The van der Waals surface area contributed by atoms with Crippen molar-refractivity contribution in [2.24, 2.45) is 4.99 Å². The number of aliphatic imine (C=N–C) groups is 1. The molecule has 29 heavy (non-hydrogen) atoms. The van der Waals surface area contributed by atoms with Crippen LogP contribution in [0.1, 0.15) is 57.6 Å². The molecule has 0 bridgehead atoms. The van der Waals surface area contributed by atoms with Gasteiger partial charge in [0.25, 0.3) is 0 Å². The second kappa shape index (κ2) is 8.88. The molecule has 0 saturated carbocycles. The molecular formula is C22H30ClN3OSSi. The first-order chi connectivity index (χ1) is 13.5. The van der Waals surface area contributed by atoms with Crippen molar-refractivity contribution < 1.29 is 4.43 Å². The largest absolute Gasteiger partial charge is 0.413 e. The molecule has 0 saturated heterocycles. The summed E-state index contributed by atoms with van der Waals surface area (Å²) in [5, 5.41) is 2.69. The van der Waals surface area contributed by atoms with Crippen molar-refractivity contribution in [2.75, 3.05) is 0 Å². The molecule has 1 aliphatic heterocycles. The summed E-state index contributed by atoms with van der Waals surface area (Å²) in [5.74, 6) is 1.11. The number of fused-ring (bicyclic) bond motifs is 1. The van der Waals surface area contributed by atoms with Crippen LogP contribution >= 0.6 is 23.4 Å². The predicted molar refractivity (Wildman–Crippen MR) is 126 cm³/mol. The molecule has 1 atom stereocenters. The van der Waals surface area contributed by atoms with E-state index in [9.17, 15) is 0 Å². The standard InChI is InChI=1S/C22H30ClN3OSSi/c1-15-9-10-20(28-21-17(15)8-7-11-24-21)26-19-13-16(12-18(23)25-19)14-27-29(5,6)22(2,3)4/h7-8,11-13,15H,9-10,14H2,1-6H3. The number of hydrogen-bond acceptors (Lipinski definition) is 5. The Hall–Kier alpha value is -1.21. The molecule has 4 nitrogen and oxygen atoms in total. The third kappa shape index (κ3) is 5.69. The summed E-state index contributed by atoms with van der Waals surface area (Å²) in [7, 11) is -1.83. The van der Waals surface area contributed by atoms with Crippen LogP contribution in [0.25, 0.3) is 0 Å². The number of hydrogen-bond donors (Lipinski definition) is 0. The SMILES string of the molecule is CC1CCC(=Nc2cc(CO[Si](C)(C)C(C)(C)C)cc(Cl)n2)Sc2ncccc21. The number of halogens is 1. The Morgan fingerprint density at radius 2 is 2.07 bits per heavy atom. The second-order valence-electron chi connectivity index (χ2n) is 9.15. The summed E-state index contributed by atoms with van der Waals surface area (Å²) in [6.45, 7) is 14.0. The van der Waals surface area contributed by atoms with Gasteiger partial charge in [-0.25, -0.2) is 15.0 Å². The van der Waals surface area contributed by atoms with Gasteiger partial charge in [-0.2, -0.15) is 0 Å². The first-order valence-corrected chi connectivity index (χ1v) is 14.2. The van der Waals surface area contributed by atoms with Gasteiger partial charge in [0.2, 0.25) is 0 Å². The van der Waals surface area contributed by atoms with Crippen molar-refractivity contribution in [3.05, 3.63) is 46.7 Å². The van der Waals surface area contributed by atoms with E-state index in [1.807, 2.05) is 24.4 Å². The molecule has 0 fully saturated rings. The summed E-state index contributed by atoms with van der Waals surface area (Å²) in [4.78, 5) is 13.8. The Morgan fingerprint density at radius 3 is 2.79 bits per heavy atom. The molecule has 0 spiro atoms. The number of thioether (sulfide) groups is 1. The lowest BCUT2D eigenvalue weighted by molar-refractivity contribution is 0.276. The summed E-state index contributed by atoms with van der Waals surface area (Å²) in [6.07, 6.45) is 3.80. The highest BCUT2D eigenvalue weighted by atomic mass is 35.5. The van der Waals surface area contributed by atoms with Crippen LogP contribution in [-0.4, -0.2) is 23.3 Å². The van der Waals surface area contributed by atoms with Crippen LogP contribution in [0, 0.1) is 0 Å². The highest BCUT2D eigenvalue weighted by molar-refractivity contribution is 8.14. The Morgan fingerprint density at radius 1 is 1.31 bits per heavy atom. The molecule has 0 amide bonds. The lowest BCUT2D eigenvalue weighted by atomic mass is 9.98. The fourth-order valence-electron chi connectivity index (χ4n) is 2.88. The fraction of sp³-hybridized carbons (Fsp3) is 0.500. The van der Waals surface area contributed by atoms with E-state index in [-0.39, 0.29) is 5.04 Å². The molecule has 0 radical (unpaired) electrons. The molecule has 0 N–H and O–H groups in total. The van der Waals surface area contributed by atoms with Crippen LogP contribution in [0.4, 0.5) is 5.82 Å². The fourth-order valence-corrected chi connectivity index (χ4v) is 5.15. The van der Waals surface area contributed by atoms with Crippen LogP contribution in [0.2, 0.25) is 23.3 Å². The van der Waals surface area contributed by atoms with E-state index < -0.39 is 8.32 Å². The van der Waals surface area contributed by atoms with Crippen LogP contribution in [0.3, 0.4) is 0 Å². The van der Waals surface area contributed by atoms with Gasteiger partial charge in [-0.05, 0) is 66.2 Å². The maximum absolute atomic E-state index is 6.35. The van der Waals surface area contributed by atoms with Gasteiger partial charge in [0.05, 0.1) is 11.7 Å². The zero-order chi connectivity index (χ0) is 21.2. The van der Waals surface area contributed by atoms with Crippen LogP contribution in [0.5, 0.6) is 0 Å². The van der Waals surface area contributed by atoms with Gasteiger partial charge in [-0.3, -0.25) is 0 Å². The lowest BCUT2D eigenvalue weighted by Crippen LogP contribution is -2.40. The van der Waals surface area contributed by atoms with Gasteiger partial charge >= 0.3 is 0 Å². The predicted octanol–water partition coefficient (Wildman–Crippen LogP) is 7.37. The minimum absolute atomic E-state index is 0.168. The van der Waals surface area contributed by atoms with Gasteiger partial charge in [0, 0.05) is 6.20 Å². The monoisotopic (exact) mass is 447 g/mol. The van der Waals surface area contributed by atoms with Crippen LogP contribution < -0.4 is 0 Å². The van der Waals surface area contributed by atoms with Crippen molar-refractivity contribution in [3.8, 4) is 0 Å². The van der Waals surface area contributed by atoms with E-state index in [2.05, 4.69) is 56.8 Å². The molecule has 3 rings (SSSR count). The normalized spacial score (nSPS) is 19.1. The minimum atomic E-state index is -1.83. The highest BCUT2D eigenvalue weighted by Crippen LogP contribution is 2.38. The zero-order valence-electron chi connectivity index (χ0n) is 18.1. The molecule has 2 aromatic rings. The minimum Gasteiger partial charge on any atom is -0.413 e. The molecular weight excluding hydrogens is 418 g/mol. The van der Waals surface area contributed by atoms with E-state index in [0.29, 0.717) is 23.5 Å². The number of nitrogens with zero attached hydrogens (tertiary/aromatic N) is 3. The Bertz CT molecular complexity index is 911. The summed E-state index contributed by atoms with van der Waals surface area (Å²) in [5.41, 5.74) is 2.31. The van der Waals surface area contributed by atoms with E-state index in [1.54, 1.807) is 11.8 Å². The quantitative estimate of drug-likeness (QED) is 0.362. The second-order valence-corrected chi connectivity index (χ2v) is 15.4. The Labute approximate surface area is 184 Å². The van der Waals surface area contributed by atoms with Gasteiger partial charge in [0.1, 0.15) is 10.2 Å². The van der Waals surface area contributed by atoms with Crippen molar-refractivity contribution in [3.63, 3.8) is 0 Å². The van der Waals surface area contributed by atoms with Crippen molar-refractivity contribution >= 4 is 42.5 Å². The lowest BCUT2D eigenvalue weighted by Gasteiger charge is -2.36. The highest BCUT2D eigenvalue weighted by Gasteiger charge is 2.37. The number of aromatic nitrogens is 2. The van der Waals surface area contributed by atoms with Gasteiger partial charge in [-0.1, -0.05) is 57.1 Å². The van der Waals surface area contributed by atoms with E-state index >= 15 is 0 Å². The average Bonchev–Trinajstić information content (AvgIpc) is 2.78. The van der Waals surface area contributed by atoms with Gasteiger partial charge in [0.15, 0.2) is 14.1 Å². The molecule has 156 valence electrons. The first-order valence-electron chi connectivity index (χ1n) is 10.1. The van der Waals surface area contributed by atoms with Crippen LogP contribution in [-0.2, 0) is 11.0 Å². The maximum atomic E-state index is 6.35. The van der Waals surface area contributed by atoms with Crippen LogP contribution in [0.15, 0.2) is 40.5 Å². The smallest absolute Gasteiger partial charge is 0.192 e. The summed E-state index contributed by atoms with van der Waals surface area (Å²) < 4.78 is 6.35. The number of rotatable bonds is 4. The van der Waals surface area contributed by atoms with Gasteiger partial charge in [-0.15, -0.1) is 0 Å². The molecule has 1 aliphatic rings. The first kappa shape index (κ1) is 22.5. The third-order valence-electron chi connectivity index (χ3n) is 5.82. The molecule has 3 heterocycles. The van der Waals surface area contributed by atoms with E-state index in [0.717, 1.165) is 28.5 Å². The maximum Gasteiger partial charge on any atom is 0.192 e. The summed E-state index contributed by atoms with van der Waals surface area (Å²) in [6, 6.07) is 8.03. The molecule has 0 aromatic carbocycles. The van der Waals surface area contributed by atoms with Crippen molar-refractivity contribution in [2.45, 2.75) is 76.2 Å². The molecule has 2 aromatic heterocycles. The van der Waals surface area contributed by atoms with Crippen molar-refractivity contribution in [1.82, 2.24) is 9.97 Å². The number of pyridine rings is 2. The Kier molecular flexibility index (Phi) is 6.88. The third-order valence-corrected chi connectivity index (χ3v) is 11.6. The van der Waals surface area contributed by atoms with Crippen molar-refractivity contribution in [1.29, 1.82) is 0 Å². The zero-order valence-corrected chi connectivity index (χ0v) is 20.7. The average molecular weight is 448 g/mol. The molecule has 0 aliphatic carbocycles. The molecule has 7 heteroatoms. The van der Waals surface area contributed by atoms with E-state index in [1.165, 1.54) is 5.56 Å². The van der Waals surface area contributed by atoms with Gasteiger partial charge < -0.3 is 4.43 Å². The summed E-state index contributed by atoms with van der Waals surface area (Å²) >= 11 is 7.94. The molecule has 1 unspecified atom stereocenters. The topological polar surface area (TPSA) is 47.4 Å². The Balaban J connectivity index is 1.81. The van der Waals surface area contributed by atoms with E-state index in [4.69, 9.17) is 21.0 Å².